The number of aliphatic hydroxyl groups is 1. The number of rotatable bonds is 9. The van der Waals surface area contributed by atoms with Gasteiger partial charge in [-0.15, -0.1) is 0 Å². The van der Waals surface area contributed by atoms with Crippen LogP contribution in [0.25, 0.3) is 0 Å². The van der Waals surface area contributed by atoms with Gasteiger partial charge in [0.2, 0.25) is 0 Å². The summed E-state index contributed by atoms with van der Waals surface area (Å²) in [6.07, 6.45) is 0.934. The first-order valence-corrected chi connectivity index (χ1v) is 20.1. The minimum Gasteiger partial charge on any atom is -0.414 e. The first-order valence-electron chi connectivity index (χ1n) is 16.2. The van der Waals surface area contributed by atoms with Crippen molar-refractivity contribution in [1.29, 1.82) is 0 Å². The molecule has 0 radical (unpaired) electrons. The fourth-order valence-electron chi connectivity index (χ4n) is 7.86. The average molecular weight is 635 g/mol. The van der Waals surface area contributed by atoms with Gasteiger partial charge in [0.15, 0.2) is 12.1 Å². The van der Waals surface area contributed by atoms with Gasteiger partial charge in [0.25, 0.3) is 0 Å². The van der Waals surface area contributed by atoms with Gasteiger partial charge in [0.1, 0.15) is 11.7 Å². The zero-order valence-corrected chi connectivity index (χ0v) is 29.8. The van der Waals surface area contributed by atoms with Crippen LogP contribution in [-0.4, -0.2) is 71.9 Å². The highest BCUT2D eigenvalue weighted by Crippen LogP contribution is 2.59. The van der Waals surface area contributed by atoms with E-state index in [2.05, 4.69) is 73.6 Å². The lowest BCUT2D eigenvalue weighted by molar-refractivity contribution is -0.286. The minimum absolute atomic E-state index is 0.135. The van der Waals surface area contributed by atoms with Gasteiger partial charge in [-0.3, -0.25) is 0 Å². The molecule has 4 fully saturated rings. The van der Waals surface area contributed by atoms with Crippen LogP contribution in [0.15, 0.2) is 42.0 Å². The van der Waals surface area contributed by atoms with Gasteiger partial charge >= 0.3 is 17.1 Å². The highest BCUT2D eigenvalue weighted by atomic mass is 28.5. The molecular formula is C33H54O8Si2. The molecule has 5 aliphatic rings. The second kappa shape index (κ2) is 12.0. The van der Waals surface area contributed by atoms with E-state index in [0.29, 0.717) is 19.6 Å². The lowest BCUT2D eigenvalue weighted by Gasteiger charge is -2.58. The van der Waals surface area contributed by atoms with Crippen LogP contribution in [0.4, 0.5) is 0 Å². The third-order valence-electron chi connectivity index (χ3n) is 10.1. The highest BCUT2D eigenvalue weighted by molar-refractivity contribution is 6.83. The summed E-state index contributed by atoms with van der Waals surface area (Å²) in [6.45, 7) is 22.5. The molecule has 1 N–H and O–H groups in total. The van der Waals surface area contributed by atoms with Crippen molar-refractivity contribution in [3.8, 4) is 0 Å². The normalized spacial score (nSPS) is 34.6. The van der Waals surface area contributed by atoms with Crippen molar-refractivity contribution < 1.29 is 37.0 Å². The summed E-state index contributed by atoms with van der Waals surface area (Å²) < 4.78 is 49.0. The molecule has 242 valence electrons. The van der Waals surface area contributed by atoms with Crippen molar-refractivity contribution in [2.24, 2.45) is 5.41 Å². The van der Waals surface area contributed by atoms with Crippen LogP contribution >= 0.6 is 0 Å². The molecule has 0 saturated carbocycles. The maximum atomic E-state index is 11.1. The summed E-state index contributed by atoms with van der Waals surface area (Å²) in [5.41, 5.74) is 0.869. The van der Waals surface area contributed by atoms with Gasteiger partial charge in [-0.1, -0.05) is 85.7 Å². The van der Waals surface area contributed by atoms with E-state index in [1.165, 1.54) is 0 Å². The molecule has 4 heterocycles. The summed E-state index contributed by atoms with van der Waals surface area (Å²) in [4.78, 5) is 0. The van der Waals surface area contributed by atoms with Crippen LogP contribution in [0.5, 0.6) is 0 Å². The van der Waals surface area contributed by atoms with E-state index in [0.717, 1.165) is 11.1 Å². The monoisotopic (exact) mass is 634 g/mol. The first-order chi connectivity index (χ1) is 20.2. The minimum atomic E-state index is -3.04. The molecule has 4 bridgehead atoms. The second-order valence-corrected chi connectivity index (χ2v) is 23.5. The fraction of sp³-hybridized carbons (Fsp3) is 0.758. The highest BCUT2D eigenvalue weighted by Gasteiger charge is 2.70. The zero-order valence-electron chi connectivity index (χ0n) is 27.8. The topological polar surface area (TPSA) is 84.8 Å². The Bertz CT molecular complexity index is 1140. The molecule has 4 saturated heterocycles. The molecule has 1 aliphatic carbocycles. The fourth-order valence-corrected chi connectivity index (χ4v) is 19.1. The molecule has 6 rings (SSSR count). The van der Waals surface area contributed by atoms with Crippen LogP contribution in [0, 0.1) is 5.41 Å². The van der Waals surface area contributed by atoms with E-state index in [4.69, 9.17) is 31.9 Å². The standard InChI is InChI=1S/C33H54O8Si2/c1-22(2)42(23(3)4)38-28-17-32(20-35-19-26-14-12-11-13-15-26)27(18-34)16-33(21-36-31(9,10)40-33)30(37-28)29(32)39-43(41-42,24(5)6)25(7)8/h11-16,22-25,28-30,34H,17-21H2,1-10H3/t28-,29-,30-,32-,33?/m1/s1. The summed E-state index contributed by atoms with van der Waals surface area (Å²) in [5.74, 6) is -0.821. The number of hydrogen-bond donors (Lipinski definition) is 1. The van der Waals surface area contributed by atoms with Crippen molar-refractivity contribution in [3.05, 3.63) is 47.5 Å². The Balaban J connectivity index is 1.70. The van der Waals surface area contributed by atoms with E-state index >= 15 is 0 Å². The van der Waals surface area contributed by atoms with Gasteiger partial charge in [0.05, 0.1) is 32.5 Å². The van der Waals surface area contributed by atoms with Gasteiger partial charge in [-0.2, -0.15) is 0 Å². The quantitative estimate of drug-likeness (QED) is 0.237. The third kappa shape index (κ3) is 5.68. The maximum absolute atomic E-state index is 11.1. The third-order valence-corrected chi connectivity index (χ3v) is 20.3. The van der Waals surface area contributed by atoms with Crippen molar-refractivity contribution >= 4 is 17.1 Å². The average Bonchev–Trinajstić information content (AvgIpc) is 3.30. The number of benzene rings is 1. The predicted molar refractivity (Wildman–Crippen MR) is 170 cm³/mol. The van der Waals surface area contributed by atoms with E-state index in [1.54, 1.807) is 0 Å². The molecule has 0 amide bonds. The Morgan fingerprint density at radius 3 is 2.02 bits per heavy atom. The van der Waals surface area contributed by atoms with E-state index < -0.39 is 52.4 Å². The lowest BCUT2D eigenvalue weighted by atomic mass is 9.62. The van der Waals surface area contributed by atoms with Crippen molar-refractivity contribution in [2.75, 3.05) is 19.8 Å². The van der Waals surface area contributed by atoms with Gasteiger partial charge in [0, 0.05) is 11.8 Å². The van der Waals surface area contributed by atoms with Gasteiger partial charge in [-0.05, 0) is 53.2 Å². The van der Waals surface area contributed by atoms with Crippen LogP contribution in [0.2, 0.25) is 22.2 Å². The Labute approximate surface area is 260 Å². The summed E-state index contributed by atoms with van der Waals surface area (Å²) >= 11 is 0. The molecule has 8 nitrogen and oxygen atoms in total. The summed E-state index contributed by atoms with van der Waals surface area (Å²) in [5, 5.41) is 11.1. The number of ether oxygens (including phenoxy) is 4. The zero-order chi connectivity index (χ0) is 31.4. The van der Waals surface area contributed by atoms with E-state index in [1.807, 2.05) is 32.0 Å². The van der Waals surface area contributed by atoms with Crippen LogP contribution in [0.3, 0.4) is 0 Å². The van der Waals surface area contributed by atoms with E-state index in [9.17, 15) is 5.11 Å². The predicted octanol–water partition coefficient (Wildman–Crippen LogP) is 6.72. The first kappa shape index (κ1) is 33.4. The van der Waals surface area contributed by atoms with Crippen molar-refractivity contribution in [2.45, 2.75) is 134 Å². The molecule has 1 spiro atoms. The molecular weight excluding hydrogens is 581 g/mol. The summed E-state index contributed by atoms with van der Waals surface area (Å²) in [6, 6.07) is 10.2. The van der Waals surface area contributed by atoms with Crippen molar-refractivity contribution in [1.82, 2.24) is 0 Å². The second-order valence-electron chi connectivity index (χ2n) is 14.7. The van der Waals surface area contributed by atoms with Crippen LogP contribution < -0.4 is 0 Å². The maximum Gasteiger partial charge on any atom is 0.336 e. The Morgan fingerprint density at radius 2 is 1.49 bits per heavy atom. The van der Waals surface area contributed by atoms with Crippen LogP contribution in [-0.2, 0) is 38.5 Å². The number of aliphatic hydroxyl groups excluding tert-OH is 1. The molecule has 0 aromatic heterocycles. The van der Waals surface area contributed by atoms with Gasteiger partial charge < -0.3 is 37.0 Å². The van der Waals surface area contributed by atoms with E-state index in [-0.39, 0.29) is 35.4 Å². The molecule has 4 aliphatic heterocycles. The summed E-state index contributed by atoms with van der Waals surface area (Å²) in [7, 11) is -5.97. The molecule has 10 heteroatoms. The van der Waals surface area contributed by atoms with Crippen molar-refractivity contribution in [3.63, 3.8) is 0 Å². The SMILES string of the molecule is CC(C)[Si]1(C(C)C)O[C@@H]2C[C@@]3(COCc4ccccc4)C(CO)=CC4(COC(C)(C)O4)[C@H](O2)[C@H]3O[Si](C(C)C)(C(C)C)O1. The molecule has 1 aromatic carbocycles. The van der Waals surface area contributed by atoms with Gasteiger partial charge in [-0.25, -0.2) is 0 Å². The molecule has 1 unspecified atom stereocenters. The Hall–Kier alpha value is -0.926. The Kier molecular flexibility index (Phi) is 9.35. The number of hydrogen-bond acceptors (Lipinski definition) is 8. The van der Waals surface area contributed by atoms with Crippen LogP contribution in [0.1, 0.15) is 81.2 Å². The molecule has 1 aromatic rings. The Morgan fingerprint density at radius 1 is 0.884 bits per heavy atom. The number of fused-ring (bicyclic) bond motifs is 4. The molecule has 43 heavy (non-hydrogen) atoms. The molecule has 5 atom stereocenters. The lowest BCUT2D eigenvalue weighted by Crippen LogP contribution is -2.70. The smallest absolute Gasteiger partial charge is 0.336 e. The largest absolute Gasteiger partial charge is 0.414 e.